The molecule has 1 fully saturated rings. The quantitative estimate of drug-likeness (QED) is 0.636. The van der Waals surface area contributed by atoms with Crippen molar-refractivity contribution in [1.82, 2.24) is 14.5 Å². The van der Waals surface area contributed by atoms with E-state index in [1.807, 2.05) is 29.7 Å². The summed E-state index contributed by atoms with van der Waals surface area (Å²) in [7, 11) is 0. The second-order valence-corrected chi connectivity index (χ2v) is 7.50. The molecule has 1 aliphatic rings. The number of aromatic nitrogens is 3. The lowest BCUT2D eigenvalue weighted by Gasteiger charge is -2.22. The zero-order valence-corrected chi connectivity index (χ0v) is 16.3. The van der Waals surface area contributed by atoms with Crippen LogP contribution in [0.25, 0.3) is 10.8 Å². The molecular weight excluding hydrogens is 378 g/mol. The normalized spacial score (nSPS) is 14.8. The van der Waals surface area contributed by atoms with Gasteiger partial charge >= 0.3 is 0 Å². The molecule has 1 aromatic carbocycles. The number of halogens is 1. The van der Waals surface area contributed by atoms with E-state index in [0.717, 1.165) is 23.9 Å². The summed E-state index contributed by atoms with van der Waals surface area (Å²) in [6, 6.07) is 7.27. The van der Waals surface area contributed by atoms with Crippen LogP contribution >= 0.6 is 11.6 Å². The number of Topliss-reactive ketones (excluding diaryl/α,β-unsaturated/α-hetero) is 1. The first-order valence-electron chi connectivity index (χ1n) is 9.10. The summed E-state index contributed by atoms with van der Waals surface area (Å²) in [4.78, 5) is 33.2. The molecule has 0 saturated heterocycles. The number of nitrogens with one attached hydrogen (secondary N) is 1. The van der Waals surface area contributed by atoms with E-state index in [1.54, 1.807) is 6.07 Å². The van der Waals surface area contributed by atoms with Gasteiger partial charge in [-0.05, 0) is 44.2 Å². The molecule has 0 unspecified atom stereocenters. The number of nitrogen functional groups attached to an aromatic ring is 1. The third kappa shape index (κ3) is 3.22. The third-order valence-corrected chi connectivity index (χ3v) is 5.27. The molecular formula is C20H20ClN5O2. The van der Waals surface area contributed by atoms with Crippen molar-refractivity contribution in [1.29, 1.82) is 0 Å². The molecule has 7 nitrogen and oxygen atoms in total. The summed E-state index contributed by atoms with van der Waals surface area (Å²) >= 11 is 6.30. The topological polar surface area (TPSA) is 103 Å². The fraction of sp³-hybridized carbons (Fsp3) is 0.300. The first-order chi connectivity index (χ1) is 13.4. The number of nitrogens with zero attached hydrogens (tertiary/aromatic N) is 3. The van der Waals surface area contributed by atoms with E-state index in [0.29, 0.717) is 21.8 Å². The molecule has 2 heterocycles. The van der Waals surface area contributed by atoms with Crippen molar-refractivity contribution in [3.05, 3.63) is 57.1 Å². The van der Waals surface area contributed by atoms with Gasteiger partial charge in [0.25, 0.3) is 5.56 Å². The van der Waals surface area contributed by atoms with Crippen molar-refractivity contribution in [2.75, 3.05) is 11.1 Å². The van der Waals surface area contributed by atoms with Gasteiger partial charge in [-0.25, -0.2) is 4.98 Å². The number of nitrogens with two attached hydrogens (primary N) is 1. The lowest BCUT2D eigenvalue weighted by molar-refractivity contribution is 0.101. The Labute approximate surface area is 166 Å². The third-order valence-electron chi connectivity index (χ3n) is 4.96. The average Bonchev–Trinajstić information content (AvgIpc) is 3.46. The molecule has 2 aromatic heterocycles. The Morgan fingerprint density at radius 2 is 2.14 bits per heavy atom. The van der Waals surface area contributed by atoms with Crippen LogP contribution in [-0.4, -0.2) is 20.3 Å². The van der Waals surface area contributed by atoms with Crippen molar-refractivity contribution in [3.63, 3.8) is 0 Å². The van der Waals surface area contributed by atoms with Crippen LogP contribution in [0.2, 0.25) is 5.02 Å². The molecule has 144 valence electrons. The minimum Gasteiger partial charge on any atom is -0.368 e. The standard InChI is InChI=1S/C20H20ClN5O2/c1-10(24-18-14(11(2)27)9-23-20(22)25-18)16-8-12-4-3-5-15(21)17(12)19(28)26(16)13-6-7-13/h3-5,8-10,13H,6-7H2,1-2H3,(H3,22,23,24,25)/t10-/m0/s1. The molecule has 0 bridgehead atoms. The number of carbonyl (C=O) groups is 1. The molecule has 28 heavy (non-hydrogen) atoms. The van der Waals surface area contributed by atoms with E-state index < -0.39 is 0 Å². The van der Waals surface area contributed by atoms with E-state index >= 15 is 0 Å². The van der Waals surface area contributed by atoms with Gasteiger partial charge in [-0.15, -0.1) is 0 Å². The number of carbonyl (C=O) groups excluding carboxylic acids is 1. The van der Waals surface area contributed by atoms with Gasteiger partial charge in [0.2, 0.25) is 5.95 Å². The Bertz CT molecular complexity index is 1150. The number of pyridine rings is 1. The summed E-state index contributed by atoms with van der Waals surface area (Å²) in [5, 5.41) is 5.00. The van der Waals surface area contributed by atoms with Gasteiger partial charge in [-0.2, -0.15) is 4.98 Å². The molecule has 4 rings (SSSR count). The van der Waals surface area contributed by atoms with Crippen LogP contribution in [0.4, 0.5) is 11.8 Å². The van der Waals surface area contributed by atoms with E-state index in [4.69, 9.17) is 17.3 Å². The molecule has 0 radical (unpaired) electrons. The summed E-state index contributed by atoms with van der Waals surface area (Å²) in [5.41, 5.74) is 6.77. The maximum atomic E-state index is 13.2. The van der Waals surface area contributed by atoms with Crippen LogP contribution in [0, 0.1) is 0 Å². The lowest BCUT2D eigenvalue weighted by Crippen LogP contribution is -2.26. The summed E-state index contributed by atoms with van der Waals surface area (Å²) in [6.45, 7) is 3.37. The maximum Gasteiger partial charge on any atom is 0.260 e. The largest absolute Gasteiger partial charge is 0.368 e. The fourth-order valence-corrected chi connectivity index (χ4v) is 3.70. The predicted octanol–water partition coefficient (Wildman–Crippen LogP) is 3.74. The van der Waals surface area contributed by atoms with Crippen molar-refractivity contribution >= 4 is 39.9 Å². The number of hydrogen-bond acceptors (Lipinski definition) is 6. The van der Waals surface area contributed by atoms with Crippen LogP contribution in [-0.2, 0) is 0 Å². The maximum absolute atomic E-state index is 13.2. The van der Waals surface area contributed by atoms with E-state index in [1.165, 1.54) is 13.1 Å². The van der Waals surface area contributed by atoms with Gasteiger partial charge < -0.3 is 15.6 Å². The number of hydrogen-bond donors (Lipinski definition) is 2. The first kappa shape index (κ1) is 18.4. The minimum absolute atomic E-state index is 0.0737. The monoisotopic (exact) mass is 397 g/mol. The smallest absolute Gasteiger partial charge is 0.260 e. The second kappa shape index (κ2) is 6.91. The van der Waals surface area contributed by atoms with Crippen LogP contribution < -0.4 is 16.6 Å². The Balaban J connectivity index is 1.83. The molecule has 1 aliphatic carbocycles. The number of benzene rings is 1. The molecule has 0 aliphatic heterocycles. The van der Waals surface area contributed by atoms with Crippen LogP contribution in [0.3, 0.4) is 0 Å². The average molecular weight is 398 g/mol. The minimum atomic E-state index is -0.288. The van der Waals surface area contributed by atoms with Gasteiger partial charge in [0.15, 0.2) is 5.78 Å². The summed E-state index contributed by atoms with van der Waals surface area (Å²) in [6.07, 6.45) is 3.32. The van der Waals surface area contributed by atoms with Gasteiger partial charge in [0.05, 0.1) is 22.0 Å². The Morgan fingerprint density at radius 1 is 1.39 bits per heavy atom. The van der Waals surface area contributed by atoms with Crippen molar-refractivity contribution < 1.29 is 4.79 Å². The van der Waals surface area contributed by atoms with E-state index in [-0.39, 0.29) is 29.4 Å². The Morgan fingerprint density at radius 3 is 2.82 bits per heavy atom. The highest BCUT2D eigenvalue weighted by Gasteiger charge is 2.30. The molecule has 3 N–H and O–H groups in total. The van der Waals surface area contributed by atoms with Crippen molar-refractivity contribution in [2.45, 2.75) is 38.8 Å². The van der Waals surface area contributed by atoms with Gasteiger partial charge in [0, 0.05) is 17.9 Å². The summed E-state index contributed by atoms with van der Waals surface area (Å²) < 4.78 is 1.81. The van der Waals surface area contributed by atoms with Gasteiger partial charge in [-0.3, -0.25) is 9.59 Å². The predicted molar refractivity (Wildman–Crippen MR) is 110 cm³/mol. The van der Waals surface area contributed by atoms with Crippen LogP contribution in [0.15, 0.2) is 35.3 Å². The fourth-order valence-electron chi connectivity index (χ4n) is 3.44. The highest BCUT2D eigenvalue weighted by atomic mass is 35.5. The van der Waals surface area contributed by atoms with E-state index in [9.17, 15) is 9.59 Å². The van der Waals surface area contributed by atoms with Crippen LogP contribution in [0.1, 0.15) is 54.8 Å². The number of anilines is 2. The number of fused-ring (bicyclic) bond motifs is 1. The molecule has 3 aromatic rings. The second-order valence-electron chi connectivity index (χ2n) is 7.09. The Kier molecular flexibility index (Phi) is 4.55. The van der Waals surface area contributed by atoms with Gasteiger partial charge in [0.1, 0.15) is 5.82 Å². The SMILES string of the molecule is CC(=O)c1cnc(N)nc1N[C@@H](C)c1cc2cccc(Cl)c2c(=O)n1C1CC1. The molecule has 1 saturated carbocycles. The summed E-state index contributed by atoms with van der Waals surface area (Å²) in [5.74, 6) is 0.262. The zero-order valence-electron chi connectivity index (χ0n) is 15.6. The van der Waals surface area contributed by atoms with Crippen molar-refractivity contribution in [2.24, 2.45) is 0 Å². The molecule has 0 spiro atoms. The number of rotatable bonds is 5. The lowest BCUT2D eigenvalue weighted by atomic mass is 10.1. The molecule has 0 amide bonds. The van der Waals surface area contributed by atoms with Crippen molar-refractivity contribution in [3.8, 4) is 0 Å². The highest BCUT2D eigenvalue weighted by Crippen LogP contribution is 2.37. The first-order valence-corrected chi connectivity index (χ1v) is 9.48. The Hall–Kier alpha value is -2.93. The number of ketones is 1. The molecule has 8 heteroatoms. The molecule has 1 atom stereocenters. The van der Waals surface area contributed by atoms with Crippen LogP contribution in [0.5, 0.6) is 0 Å². The highest BCUT2D eigenvalue weighted by molar-refractivity contribution is 6.35. The zero-order chi connectivity index (χ0) is 20.0. The van der Waals surface area contributed by atoms with E-state index in [2.05, 4.69) is 15.3 Å². The van der Waals surface area contributed by atoms with Gasteiger partial charge in [-0.1, -0.05) is 23.7 Å².